The Hall–Kier alpha value is -2.32. The van der Waals surface area contributed by atoms with Gasteiger partial charge in [0.25, 0.3) is 0 Å². The van der Waals surface area contributed by atoms with Gasteiger partial charge < -0.3 is 4.90 Å². The molecule has 1 aliphatic rings. The first kappa shape index (κ1) is 14.3. The van der Waals surface area contributed by atoms with E-state index in [4.69, 9.17) is 0 Å². The van der Waals surface area contributed by atoms with Crippen LogP contribution in [0.4, 0.5) is 5.69 Å². The van der Waals surface area contributed by atoms with Gasteiger partial charge in [0.2, 0.25) is 0 Å². The van der Waals surface area contributed by atoms with Crippen molar-refractivity contribution in [3.8, 4) is 0 Å². The van der Waals surface area contributed by atoms with Crippen LogP contribution in [0.3, 0.4) is 0 Å². The molecule has 3 aromatic rings. The van der Waals surface area contributed by atoms with E-state index >= 15 is 0 Å². The molecule has 0 unspecified atom stereocenters. The average Bonchev–Trinajstić information content (AvgIpc) is 2.63. The minimum Gasteiger partial charge on any atom is -0.369 e. The van der Waals surface area contributed by atoms with Gasteiger partial charge in [-0.15, -0.1) is 0 Å². The van der Waals surface area contributed by atoms with Crippen molar-refractivity contribution < 1.29 is 0 Å². The summed E-state index contributed by atoms with van der Waals surface area (Å²) in [7, 11) is 0. The van der Waals surface area contributed by atoms with Gasteiger partial charge in [-0.3, -0.25) is 4.90 Å². The largest absolute Gasteiger partial charge is 0.369 e. The zero-order valence-electron chi connectivity index (χ0n) is 13.4. The Balaban J connectivity index is 1.40. The lowest BCUT2D eigenvalue weighted by Gasteiger charge is -2.36. The SMILES string of the molecule is c1ccc(N2CCN(Cc3ccc4ccccc4c3)CC2)cc1. The molecule has 0 spiro atoms. The molecule has 23 heavy (non-hydrogen) atoms. The van der Waals surface area contributed by atoms with Gasteiger partial charge in [0.05, 0.1) is 0 Å². The number of rotatable bonds is 3. The second-order valence-corrected chi connectivity index (χ2v) is 6.28. The molecule has 0 bridgehead atoms. The normalized spacial score (nSPS) is 15.9. The molecule has 1 saturated heterocycles. The molecule has 0 N–H and O–H groups in total. The molecule has 0 amide bonds. The molecule has 0 radical (unpaired) electrons. The van der Waals surface area contributed by atoms with Gasteiger partial charge in [-0.2, -0.15) is 0 Å². The molecule has 0 aliphatic carbocycles. The smallest absolute Gasteiger partial charge is 0.0367 e. The van der Waals surface area contributed by atoms with Gasteiger partial charge in [0.15, 0.2) is 0 Å². The summed E-state index contributed by atoms with van der Waals surface area (Å²) in [4.78, 5) is 5.04. The first-order valence-electron chi connectivity index (χ1n) is 8.38. The van der Waals surface area contributed by atoms with Crippen molar-refractivity contribution in [2.24, 2.45) is 0 Å². The summed E-state index contributed by atoms with van der Waals surface area (Å²) < 4.78 is 0. The number of hydrogen-bond donors (Lipinski definition) is 0. The Morgan fingerprint density at radius 2 is 1.35 bits per heavy atom. The molecule has 2 nitrogen and oxygen atoms in total. The van der Waals surface area contributed by atoms with E-state index in [0.717, 1.165) is 32.7 Å². The quantitative estimate of drug-likeness (QED) is 0.717. The Kier molecular flexibility index (Phi) is 3.99. The van der Waals surface area contributed by atoms with Crippen LogP contribution < -0.4 is 4.90 Å². The highest BCUT2D eigenvalue weighted by atomic mass is 15.3. The summed E-state index contributed by atoms with van der Waals surface area (Å²) >= 11 is 0. The summed E-state index contributed by atoms with van der Waals surface area (Å²) in [5, 5.41) is 2.66. The van der Waals surface area contributed by atoms with Crippen molar-refractivity contribution >= 4 is 16.5 Å². The van der Waals surface area contributed by atoms with Crippen LogP contribution in [0, 0.1) is 0 Å². The number of para-hydroxylation sites is 1. The first-order chi connectivity index (χ1) is 11.4. The van der Waals surface area contributed by atoms with Crippen molar-refractivity contribution in [2.45, 2.75) is 6.54 Å². The molecular formula is C21H22N2. The van der Waals surface area contributed by atoms with Gasteiger partial charge in [0.1, 0.15) is 0 Å². The Morgan fingerprint density at radius 3 is 2.13 bits per heavy atom. The van der Waals surface area contributed by atoms with E-state index in [1.54, 1.807) is 0 Å². The van der Waals surface area contributed by atoms with Gasteiger partial charge in [-0.25, -0.2) is 0 Å². The second-order valence-electron chi connectivity index (χ2n) is 6.28. The van der Waals surface area contributed by atoms with Crippen molar-refractivity contribution in [1.82, 2.24) is 4.90 Å². The number of fused-ring (bicyclic) bond motifs is 1. The molecule has 1 heterocycles. The van der Waals surface area contributed by atoms with E-state index in [1.807, 2.05) is 0 Å². The van der Waals surface area contributed by atoms with Gasteiger partial charge in [-0.1, -0.05) is 54.6 Å². The van der Waals surface area contributed by atoms with Gasteiger partial charge in [0, 0.05) is 38.4 Å². The van der Waals surface area contributed by atoms with Crippen LogP contribution in [0.2, 0.25) is 0 Å². The predicted molar refractivity (Wildman–Crippen MR) is 97.9 cm³/mol. The number of piperazine rings is 1. The second kappa shape index (κ2) is 6.43. The maximum atomic E-state index is 2.56. The standard InChI is InChI=1S/C21H22N2/c1-2-8-21(9-3-1)23-14-12-22(13-15-23)17-18-10-11-19-6-4-5-7-20(19)16-18/h1-11,16H,12-15,17H2. The van der Waals surface area contributed by atoms with Crippen LogP contribution in [0.1, 0.15) is 5.56 Å². The Labute approximate surface area is 138 Å². The lowest BCUT2D eigenvalue weighted by atomic mass is 10.1. The first-order valence-corrected chi connectivity index (χ1v) is 8.38. The minimum absolute atomic E-state index is 1.05. The zero-order chi connectivity index (χ0) is 15.5. The van der Waals surface area contributed by atoms with E-state index in [9.17, 15) is 0 Å². The number of nitrogens with zero attached hydrogens (tertiary/aromatic N) is 2. The fourth-order valence-electron chi connectivity index (χ4n) is 3.40. The highest BCUT2D eigenvalue weighted by molar-refractivity contribution is 5.82. The molecule has 0 atom stereocenters. The van der Waals surface area contributed by atoms with Crippen LogP contribution in [-0.2, 0) is 6.54 Å². The van der Waals surface area contributed by atoms with Crippen molar-refractivity contribution in [2.75, 3.05) is 31.1 Å². The van der Waals surface area contributed by atoms with Gasteiger partial charge >= 0.3 is 0 Å². The van der Waals surface area contributed by atoms with E-state index in [2.05, 4.69) is 82.6 Å². The molecule has 116 valence electrons. The minimum atomic E-state index is 1.05. The molecule has 3 aromatic carbocycles. The van der Waals surface area contributed by atoms with Crippen LogP contribution in [0.25, 0.3) is 10.8 Å². The Bertz CT molecular complexity index is 774. The molecule has 2 heteroatoms. The molecular weight excluding hydrogens is 280 g/mol. The van der Waals surface area contributed by atoms with E-state index in [1.165, 1.54) is 22.0 Å². The van der Waals surface area contributed by atoms with E-state index < -0.39 is 0 Å². The number of anilines is 1. The summed E-state index contributed by atoms with van der Waals surface area (Å²) in [6.07, 6.45) is 0. The fraction of sp³-hybridized carbons (Fsp3) is 0.238. The topological polar surface area (TPSA) is 6.48 Å². The molecule has 0 saturated carbocycles. The van der Waals surface area contributed by atoms with Crippen LogP contribution in [0.15, 0.2) is 72.8 Å². The third kappa shape index (κ3) is 3.22. The fourth-order valence-corrected chi connectivity index (χ4v) is 3.40. The summed E-state index contributed by atoms with van der Waals surface area (Å²) in [6, 6.07) is 26.2. The molecule has 0 aromatic heterocycles. The zero-order valence-corrected chi connectivity index (χ0v) is 13.4. The third-order valence-corrected chi connectivity index (χ3v) is 4.71. The van der Waals surface area contributed by atoms with Crippen LogP contribution in [-0.4, -0.2) is 31.1 Å². The molecule has 1 aliphatic heterocycles. The summed E-state index contributed by atoms with van der Waals surface area (Å²) in [5.74, 6) is 0. The van der Waals surface area contributed by atoms with Crippen LogP contribution >= 0.6 is 0 Å². The Morgan fingerprint density at radius 1 is 0.652 bits per heavy atom. The third-order valence-electron chi connectivity index (χ3n) is 4.71. The summed E-state index contributed by atoms with van der Waals surface area (Å²) in [5.41, 5.74) is 2.76. The van der Waals surface area contributed by atoms with Crippen LogP contribution in [0.5, 0.6) is 0 Å². The number of hydrogen-bond acceptors (Lipinski definition) is 2. The predicted octanol–water partition coefficient (Wildman–Crippen LogP) is 4.16. The molecule has 4 rings (SSSR count). The lowest BCUT2D eigenvalue weighted by Crippen LogP contribution is -2.45. The van der Waals surface area contributed by atoms with E-state index in [0.29, 0.717) is 0 Å². The lowest BCUT2D eigenvalue weighted by molar-refractivity contribution is 0.250. The number of benzene rings is 3. The average molecular weight is 302 g/mol. The summed E-state index contributed by atoms with van der Waals surface area (Å²) in [6.45, 7) is 5.52. The maximum absolute atomic E-state index is 2.56. The maximum Gasteiger partial charge on any atom is 0.0367 e. The monoisotopic (exact) mass is 302 g/mol. The highest BCUT2D eigenvalue weighted by Crippen LogP contribution is 2.19. The van der Waals surface area contributed by atoms with Crippen molar-refractivity contribution in [3.63, 3.8) is 0 Å². The highest BCUT2D eigenvalue weighted by Gasteiger charge is 2.17. The van der Waals surface area contributed by atoms with Crippen molar-refractivity contribution in [3.05, 3.63) is 78.4 Å². The van der Waals surface area contributed by atoms with Gasteiger partial charge in [-0.05, 0) is 34.5 Å². The van der Waals surface area contributed by atoms with E-state index in [-0.39, 0.29) is 0 Å². The van der Waals surface area contributed by atoms with Crippen molar-refractivity contribution in [1.29, 1.82) is 0 Å². The molecule has 1 fully saturated rings.